The fraction of sp³-hybridized carbons (Fsp3) is 0. The van der Waals surface area contributed by atoms with E-state index >= 15 is 0 Å². The number of rotatable bonds is 6. The van der Waals surface area contributed by atoms with Gasteiger partial charge in [0.05, 0.1) is 22.4 Å². The molecule has 0 amide bonds. The highest BCUT2D eigenvalue weighted by molar-refractivity contribution is 5.90. The summed E-state index contributed by atoms with van der Waals surface area (Å²) in [5, 5.41) is 2.15. The van der Waals surface area contributed by atoms with Crippen LogP contribution in [0.15, 0.2) is 188 Å². The predicted octanol–water partition coefficient (Wildman–Crippen LogP) is 12.9. The van der Waals surface area contributed by atoms with Gasteiger partial charge >= 0.3 is 0 Å². The Morgan fingerprint density at radius 2 is 0.690 bits per heavy atom. The van der Waals surface area contributed by atoms with Crippen LogP contribution in [-0.4, -0.2) is 24.9 Å². The van der Waals surface area contributed by atoms with Gasteiger partial charge in [0.2, 0.25) is 0 Å². The van der Waals surface area contributed by atoms with Gasteiger partial charge in [0.15, 0.2) is 40.5 Å². The Bertz CT molecular complexity index is 3110. The second-order valence-corrected chi connectivity index (χ2v) is 14.1. The lowest BCUT2D eigenvalue weighted by Gasteiger charge is -2.23. The summed E-state index contributed by atoms with van der Waals surface area (Å²) in [6, 6.07) is 62.9. The van der Waals surface area contributed by atoms with Crippen LogP contribution in [0.2, 0.25) is 0 Å². The van der Waals surface area contributed by atoms with E-state index in [4.69, 9.17) is 34.4 Å². The molecule has 0 N–H and O–H groups in total. The van der Waals surface area contributed by atoms with Gasteiger partial charge in [0.1, 0.15) is 0 Å². The number of benzene rings is 7. The zero-order valence-corrected chi connectivity index (χ0v) is 31.0. The summed E-state index contributed by atoms with van der Waals surface area (Å²) in [4.78, 5) is 24.8. The maximum Gasteiger partial charge on any atom is 0.170 e. The maximum absolute atomic E-state index is 6.65. The van der Waals surface area contributed by atoms with Crippen LogP contribution in [0.25, 0.3) is 89.6 Å². The van der Waals surface area contributed by atoms with Gasteiger partial charge < -0.3 is 9.47 Å². The van der Waals surface area contributed by atoms with Gasteiger partial charge in [-0.3, -0.25) is 0 Å². The van der Waals surface area contributed by atoms with Crippen molar-refractivity contribution >= 4 is 21.8 Å². The summed E-state index contributed by atoms with van der Waals surface area (Å²) in [7, 11) is 0. The fourth-order valence-electron chi connectivity index (χ4n) is 7.41. The predicted molar refractivity (Wildman–Crippen MR) is 230 cm³/mol. The van der Waals surface area contributed by atoms with Crippen LogP contribution in [0, 0.1) is 0 Å². The third-order valence-corrected chi connectivity index (χ3v) is 10.4. The van der Waals surface area contributed by atoms with Crippen LogP contribution in [-0.2, 0) is 0 Å². The Morgan fingerprint density at radius 1 is 0.276 bits per heavy atom. The van der Waals surface area contributed by atoms with Crippen molar-refractivity contribution in [1.82, 2.24) is 24.9 Å². The van der Waals surface area contributed by atoms with Gasteiger partial charge in [-0.25, -0.2) is 24.9 Å². The molecule has 58 heavy (non-hydrogen) atoms. The van der Waals surface area contributed by atoms with E-state index in [1.54, 1.807) is 0 Å². The zero-order valence-electron chi connectivity index (χ0n) is 31.0. The summed E-state index contributed by atoms with van der Waals surface area (Å²) in [5.74, 6) is 4.33. The summed E-state index contributed by atoms with van der Waals surface area (Å²) in [6.45, 7) is 0. The van der Waals surface area contributed by atoms with Crippen molar-refractivity contribution in [2.75, 3.05) is 0 Å². The number of hydrogen-bond acceptors (Lipinski definition) is 7. The minimum atomic E-state index is 0.604. The summed E-state index contributed by atoms with van der Waals surface area (Å²) < 4.78 is 13.2. The molecule has 7 heteroatoms. The average Bonchev–Trinajstić information content (AvgIpc) is 3.30. The third-order valence-electron chi connectivity index (χ3n) is 10.4. The highest BCUT2D eigenvalue weighted by Gasteiger charge is 2.24. The van der Waals surface area contributed by atoms with Crippen molar-refractivity contribution in [3.63, 3.8) is 0 Å². The highest BCUT2D eigenvalue weighted by Crippen LogP contribution is 2.50. The van der Waals surface area contributed by atoms with E-state index in [1.165, 1.54) is 0 Å². The van der Waals surface area contributed by atoms with Crippen LogP contribution in [0.4, 0.5) is 0 Å². The van der Waals surface area contributed by atoms with E-state index in [0.29, 0.717) is 40.5 Å². The molecule has 0 unspecified atom stereocenters. The molecule has 0 bridgehead atoms. The van der Waals surface area contributed by atoms with Crippen LogP contribution in [0.3, 0.4) is 0 Å². The van der Waals surface area contributed by atoms with Crippen molar-refractivity contribution in [2.45, 2.75) is 0 Å². The molecule has 0 radical (unpaired) electrons. The lowest BCUT2D eigenvalue weighted by molar-refractivity contribution is 0.360. The van der Waals surface area contributed by atoms with E-state index in [9.17, 15) is 0 Å². The first-order chi connectivity index (χ1) is 28.7. The van der Waals surface area contributed by atoms with Crippen molar-refractivity contribution in [3.05, 3.63) is 188 Å². The Balaban J connectivity index is 0.943. The third kappa shape index (κ3) is 6.17. The van der Waals surface area contributed by atoms with Crippen LogP contribution in [0.5, 0.6) is 23.0 Å². The van der Waals surface area contributed by atoms with Gasteiger partial charge in [-0.15, -0.1) is 0 Å². The summed E-state index contributed by atoms with van der Waals surface area (Å²) in [5.41, 5.74) is 10.0. The average molecular weight is 746 g/mol. The fourth-order valence-corrected chi connectivity index (χ4v) is 7.41. The van der Waals surface area contributed by atoms with Gasteiger partial charge in [0, 0.05) is 38.6 Å². The van der Waals surface area contributed by atoms with Gasteiger partial charge in [0.25, 0.3) is 0 Å². The molecule has 0 spiro atoms. The number of hydrogen-bond donors (Lipinski definition) is 0. The molecule has 0 saturated carbocycles. The zero-order chi connectivity index (χ0) is 38.4. The Hall–Kier alpha value is -8.03. The standard InChI is InChI=1S/C51H31N5O2/c1-3-13-35(14-4-1)49-54-50(36-15-5-2-6-16-36)56-51(55-49)37-21-19-32(20-22-37)38-25-28-45-46(29-38)58-48-31-40(44-27-24-34-12-8-10-18-42(34)53-44)39(30-47(48)57-45)43-26-23-33-11-7-9-17-41(33)52-43/h1-31H. The largest absolute Gasteiger partial charge is 0.449 e. The first-order valence-corrected chi connectivity index (χ1v) is 19.1. The summed E-state index contributed by atoms with van der Waals surface area (Å²) >= 11 is 0. The molecular formula is C51H31N5O2. The van der Waals surface area contributed by atoms with E-state index in [-0.39, 0.29) is 0 Å². The lowest BCUT2D eigenvalue weighted by Crippen LogP contribution is -2.01. The number of ether oxygens (including phenoxy) is 2. The van der Waals surface area contributed by atoms with Crippen LogP contribution >= 0.6 is 0 Å². The molecule has 0 saturated heterocycles. The molecule has 7 nitrogen and oxygen atoms in total. The molecule has 0 atom stereocenters. The molecule has 3 aromatic heterocycles. The molecule has 1 aliphatic rings. The van der Waals surface area contributed by atoms with Crippen molar-refractivity contribution < 1.29 is 9.47 Å². The molecule has 11 rings (SSSR count). The number of pyridine rings is 2. The van der Waals surface area contributed by atoms with Crippen LogP contribution < -0.4 is 9.47 Å². The van der Waals surface area contributed by atoms with Crippen molar-refractivity contribution in [2.24, 2.45) is 0 Å². The van der Waals surface area contributed by atoms with Crippen molar-refractivity contribution in [3.8, 4) is 90.8 Å². The Morgan fingerprint density at radius 3 is 1.22 bits per heavy atom. The van der Waals surface area contributed by atoms with Gasteiger partial charge in [-0.05, 0) is 59.7 Å². The topological polar surface area (TPSA) is 82.9 Å². The Labute approximate surface area is 334 Å². The molecule has 0 aliphatic carbocycles. The molecule has 10 aromatic rings. The minimum absolute atomic E-state index is 0.604. The van der Waals surface area contributed by atoms with Gasteiger partial charge in [-0.2, -0.15) is 0 Å². The quantitative estimate of drug-likeness (QED) is 0.168. The van der Waals surface area contributed by atoms with Gasteiger partial charge in [-0.1, -0.05) is 140 Å². The second-order valence-electron chi connectivity index (χ2n) is 14.1. The number of para-hydroxylation sites is 2. The molecular weight excluding hydrogens is 715 g/mol. The normalized spacial score (nSPS) is 11.7. The van der Waals surface area contributed by atoms with E-state index < -0.39 is 0 Å². The maximum atomic E-state index is 6.65. The molecule has 0 fully saturated rings. The van der Waals surface area contributed by atoms with Crippen molar-refractivity contribution in [1.29, 1.82) is 0 Å². The monoisotopic (exact) mass is 745 g/mol. The lowest BCUT2D eigenvalue weighted by atomic mass is 9.98. The Kier molecular flexibility index (Phi) is 8.00. The van der Waals surface area contributed by atoms with E-state index in [1.807, 2.05) is 140 Å². The number of nitrogens with zero attached hydrogens (tertiary/aromatic N) is 5. The first-order valence-electron chi connectivity index (χ1n) is 19.1. The SMILES string of the molecule is c1ccc(-c2nc(-c3ccccc3)nc(-c3ccc(-c4ccc5c(c4)Oc4cc(-c6ccc7ccccc7n6)c(-c6ccc7ccccc7n6)cc4O5)cc3)n2)cc1. The van der Waals surface area contributed by atoms with E-state index in [0.717, 1.165) is 72.1 Å². The minimum Gasteiger partial charge on any atom is -0.449 e. The van der Waals surface area contributed by atoms with E-state index in [2.05, 4.69) is 48.5 Å². The summed E-state index contributed by atoms with van der Waals surface area (Å²) in [6.07, 6.45) is 0. The first kappa shape index (κ1) is 33.3. The molecule has 272 valence electrons. The molecule has 4 heterocycles. The number of aromatic nitrogens is 5. The smallest absolute Gasteiger partial charge is 0.170 e. The second kappa shape index (κ2) is 13.9. The highest BCUT2D eigenvalue weighted by atomic mass is 16.6. The van der Waals surface area contributed by atoms with Crippen LogP contribution in [0.1, 0.15) is 0 Å². The molecule has 1 aliphatic heterocycles. The molecule has 7 aromatic carbocycles. The number of fused-ring (bicyclic) bond motifs is 4.